The molecule has 0 saturated carbocycles. The molecule has 0 bridgehead atoms. The highest BCUT2D eigenvalue weighted by Crippen LogP contribution is 2.37. The third-order valence-electron chi connectivity index (χ3n) is 5.77. The van der Waals surface area contributed by atoms with E-state index in [9.17, 15) is 9.59 Å². The van der Waals surface area contributed by atoms with E-state index in [1.165, 1.54) is 17.4 Å². The van der Waals surface area contributed by atoms with Crippen LogP contribution in [-0.4, -0.2) is 19.4 Å². The summed E-state index contributed by atoms with van der Waals surface area (Å²) in [4.78, 5) is 32.1. The van der Waals surface area contributed by atoms with Gasteiger partial charge in [0.2, 0.25) is 0 Å². The van der Waals surface area contributed by atoms with Gasteiger partial charge in [-0.05, 0) is 73.0 Å². The maximum atomic E-state index is 13.3. The Morgan fingerprint density at radius 1 is 1.03 bits per heavy atom. The van der Waals surface area contributed by atoms with Crippen LogP contribution in [-0.2, 0) is 6.54 Å². The second-order valence-corrected chi connectivity index (χ2v) is 8.92. The predicted octanol–water partition coefficient (Wildman–Crippen LogP) is 4.05. The maximum Gasteiger partial charge on any atom is 0.362 e. The van der Waals surface area contributed by atoms with Crippen LogP contribution in [0.15, 0.2) is 62.7 Å². The van der Waals surface area contributed by atoms with Gasteiger partial charge >= 0.3 is 11.5 Å². The normalized spacial score (nSPS) is 15.2. The number of thiophene rings is 1. The Labute approximate surface area is 188 Å². The quantitative estimate of drug-likeness (QED) is 0.481. The van der Waals surface area contributed by atoms with Crippen molar-refractivity contribution in [1.29, 1.82) is 0 Å². The molecule has 0 aliphatic carbocycles. The lowest BCUT2D eigenvalue weighted by Crippen LogP contribution is -3.12. The van der Waals surface area contributed by atoms with Crippen LogP contribution < -0.4 is 15.3 Å². The molecule has 1 N–H and O–H groups in total. The van der Waals surface area contributed by atoms with Crippen LogP contribution in [0.1, 0.15) is 26.4 Å². The number of fused-ring (bicyclic) bond motifs is 2. The van der Waals surface area contributed by atoms with Gasteiger partial charge in [0.25, 0.3) is 0 Å². The molecule has 3 heterocycles. The van der Waals surface area contributed by atoms with Gasteiger partial charge in [-0.1, -0.05) is 0 Å². The lowest BCUT2D eigenvalue weighted by molar-refractivity contribution is -0.721. The average molecular weight is 446 g/mol. The molecule has 5 rings (SSSR count). The number of aliphatic imine (C=N–C) groups is 1. The highest BCUT2D eigenvalue weighted by molar-refractivity contribution is 7.18. The number of aryl methyl sites for hydroxylation is 2. The minimum Gasteiger partial charge on any atom is -0.497 e. The molecule has 160 valence electrons. The molecule has 2 aromatic carbocycles. The number of quaternary nitrogens is 1. The smallest absolute Gasteiger partial charge is 0.362 e. The Balaban J connectivity index is 1.47. The lowest BCUT2D eigenvalue weighted by Gasteiger charge is -2.15. The molecule has 4 aromatic rings. The first-order chi connectivity index (χ1) is 15.4. The van der Waals surface area contributed by atoms with Crippen LogP contribution in [0.2, 0.25) is 0 Å². The summed E-state index contributed by atoms with van der Waals surface area (Å²) < 4.78 is 10.6. The van der Waals surface area contributed by atoms with E-state index in [2.05, 4.69) is 4.99 Å². The number of ether oxygens (including phenoxy) is 1. The van der Waals surface area contributed by atoms with Gasteiger partial charge in [-0.25, -0.2) is 19.5 Å². The van der Waals surface area contributed by atoms with E-state index in [4.69, 9.17) is 9.15 Å². The second-order valence-electron chi connectivity index (χ2n) is 7.87. The summed E-state index contributed by atoms with van der Waals surface area (Å²) in [6.45, 7) is 4.32. The number of nitrogens with one attached hydrogen (secondary N) is 1. The van der Waals surface area contributed by atoms with E-state index in [1.54, 1.807) is 13.4 Å². The fourth-order valence-corrected chi connectivity index (χ4v) is 4.93. The molecule has 2 aromatic heterocycles. The van der Waals surface area contributed by atoms with Gasteiger partial charge in [-0.3, -0.25) is 0 Å². The van der Waals surface area contributed by atoms with Gasteiger partial charge in [0.15, 0.2) is 11.2 Å². The summed E-state index contributed by atoms with van der Waals surface area (Å²) in [5.74, 6) is 0.731. The molecule has 1 amide bonds. The zero-order valence-corrected chi connectivity index (χ0v) is 18.7. The first-order valence-electron chi connectivity index (χ1n) is 10.2. The van der Waals surface area contributed by atoms with Crippen LogP contribution in [0, 0.1) is 13.8 Å². The number of benzene rings is 2. The number of amides is 1. The van der Waals surface area contributed by atoms with Gasteiger partial charge < -0.3 is 9.15 Å². The van der Waals surface area contributed by atoms with Crippen LogP contribution in [0.4, 0.5) is 5.69 Å². The first kappa shape index (κ1) is 20.4. The van der Waals surface area contributed by atoms with Crippen molar-refractivity contribution < 1.29 is 18.8 Å². The zero-order valence-electron chi connectivity index (χ0n) is 17.9. The molecular weight excluding hydrogens is 424 g/mol. The van der Waals surface area contributed by atoms with Gasteiger partial charge in [0, 0.05) is 21.9 Å². The number of hydrogen-bond donors (Lipinski definition) is 1. The Hall–Kier alpha value is -3.55. The van der Waals surface area contributed by atoms with E-state index in [0.717, 1.165) is 38.3 Å². The van der Waals surface area contributed by atoms with Gasteiger partial charge in [-0.2, -0.15) is 0 Å². The predicted molar refractivity (Wildman–Crippen MR) is 125 cm³/mol. The molecular formula is C25H21N2O4S+. The maximum absolute atomic E-state index is 13.3. The van der Waals surface area contributed by atoms with Crippen molar-refractivity contribution in [1.82, 2.24) is 0 Å². The van der Waals surface area contributed by atoms with Crippen LogP contribution >= 0.6 is 11.3 Å². The molecule has 7 heteroatoms. The van der Waals surface area contributed by atoms with Crippen molar-refractivity contribution in [3.63, 3.8) is 0 Å². The van der Waals surface area contributed by atoms with Crippen molar-refractivity contribution in [2.45, 2.75) is 20.4 Å². The standard InChI is InChI=1S/C25H20N2O4S/c1-14-8-19-17(10-23(28)31-21(19)9-15(14)2)12-27-13-26-20-11-22(32-24(20)25(27)29)16-4-6-18(30-3)7-5-16/h4-11,13H,12H2,1-3H3/p+1. The van der Waals surface area contributed by atoms with Gasteiger partial charge in [0.05, 0.1) is 12.8 Å². The lowest BCUT2D eigenvalue weighted by atomic mass is 10.0. The number of rotatable bonds is 4. The average Bonchev–Trinajstić information content (AvgIpc) is 3.22. The number of carbonyl (C=O) groups excluding carboxylic acids is 1. The highest BCUT2D eigenvalue weighted by atomic mass is 32.1. The number of nitrogens with zero attached hydrogens (tertiary/aromatic N) is 1. The summed E-state index contributed by atoms with van der Waals surface area (Å²) in [7, 11) is 1.63. The number of hydrogen-bond acceptors (Lipinski definition) is 6. The monoisotopic (exact) mass is 445 g/mol. The molecule has 1 unspecified atom stereocenters. The van der Waals surface area contributed by atoms with Crippen molar-refractivity contribution >= 4 is 40.2 Å². The van der Waals surface area contributed by atoms with Crippen molar-refractivity contribution in [3.8, 4) is 16.2 Å². The summed E-state index contributed by atoms with van der Waals surface area (Å²) in [6.07, 6.45) is 1.62. The van der Waals surface area contributed by atoms with E-state index < -0.39 is 5.63 Å². The number of methoxy groups -OCH3 is 1. The first-order valence-corrected chi connectivity index (χ1v) is 11.0. The second kappa shape index (κ2) is 7.85. The Morgan fingerprint density at radius 3 is 2.53 bits per heavy atom. The molecule has 0 saturated heterocycles. The van der Waals surface area contributed by atoms with Crippen molar-refractivity contribution in [2.75, 3.05) is 7.11 Å². The fraction of sp³-hybridized carbons (Fsp3) is 0.160. The summed E-state index contributed by atoms with van der Waals surface area (Å²) >= 11 is 1.43. The zero-order chi connectivity index (χ0) is 22.4. The molecule has 6 nitrogen and oxygen atoms in total. The molecule has 0 spiro atoms. The summed E-state index contributed by atoms with van der Waals surface area (Å²) in [5.41, 5.74) is 4.72. The SMILES string of the molecule is COc1ccc(-c2cc3c(s2)C(=O)[NH+](Cc2cc(=O)oc4cc(C)c(C)cc24)C=N3)cc1. The Morgan fingerprint density at radius 2 is 1.78 bits per heavy atom. The largest absolute Gasteiger partial charge is 0.497 e. The van der Waals surface area contributed by atoms with E-state index >= 15 is 0 Å². The van der Waals surface area contributed by atoms with Gasteiger partial charge in [0.1, 0.15) is 17.9 Å². The molecule has 1 aliphatic rings. The van der Waals surface area contributed by atoms with E-state index in [-0.39, 0.29) is 5.91 Å². The van der Waals surface area contributed by atoms with Gasteiger partial charge in [-0.15, -0.1) is 11.3 Å². The summed E-state index contributed by atoms with van der Waals surface area (Å²) in [5, 5.41) is 0.845. The topological polar surface area (TPSA) is 73.3 Å². The van der Waals surface area contributed by atoms with Crippen molar-refractivity contribution in [2.24, 2.45) is 4.99 Å². The summed E-state index contributed by atoms with van der Waals surface area (Å²) in [6, 6.07) is 15.0. The molecule has 32 heavy (non-hydrogen) atoms. The number of carbonyl (C=O) groups is 1. The minimum atomic E-state index is -0.421. The third kappa shape index (κ3) is 3.55. The Bertz CT molecular complexity index is 1450. The van der Waals surface area contributed by atoms with E-state index in [0.29, 0.717) is 27.6 Å². The minimum absolute atomic E-state index is 0.0509. The Kier molecular flexibility index (Phi) is 5.00. The van der Waals surface area contributed by atoms with Crippen LogP contribution in [0.5, 0.6) is 5.75 Å². The molecule has 0 fully saturated rings. The highest BCUT2D eigenvalue weighted by Gasteiger charge is 2.31. The fourth-order valence-electron chi connectivity index (χ4n) is 3.85. The van der Waals surface area contributed by atoms with Crippen LogP contribution in [0.3, 0.4) is 0 Å². The van der Waals surface area contributed by atoms with E-state index in [1.807, 2.05) is 56.3 Å². The van der Waals surface area contributed by atoms with Crippen molar-refractivity contribution in [3.05, 3.63) is 80.5 Å². The molecule has 1 aliphatic heterocycles. The molecule has 1 atom stereocenters. The molecule has 0 radical (unpaired) electrons. The third-order valence-corrected chi connectivity index (χ3v) is 6.94. The van der Waals surface area contributed by atoms with Crippen LogP contribution in [0.25, 0.3) is 21.4 Å².